The fourth-order valence-electron chi connectivity index (χ4n) is 1.66. The van der Waals surface area contributed by atoms with E-state index in [1.807, 2.05) is 11.4 Å². The molecule has 0 bridgehead atoms. The molecule has 0 aromatic carbocycles. The van der Waals surface area contributed by atoms with Gasteiger partial charge in [0, 0.05) is 11.9 Å². The maximum absolute atomic E-state index is 11.7. The Balaban J connectivity index is 0.00000128. The van der Waals surface area contributed by atoms with Gasteiger partial charge in [0.25, 0.3) is 5.91 Å². The normalized spacial score (nSPS) is 19.2. The molecule has 1 unspecified atom stereocenters. The summed E-state index contributed by atoms with van der Waals surface area (Å²) in [5.41, 5.74) is 0.748. The molecule has 0 aliphatic carbocycles. The fourth-order valence-corrected chi connectivity index (χ4v) is 2.79. The van der Waals surface area contributed by atoms with Gasteiger partial charge in [-0.1, -0.05) is 0 Å². The van der Waals surface area contributed by atoms with E-state index in [4.69, 9.17) is 0 Å². The van der Waals surface area contributed by atoms with Gasteiger partial charge in [-0.2, -0.15) is 0 Å². The maximum Gasteiger partial charge on any atom is 0.252 e. The molecule has 0 saturated carbocycles. The summed E-state index contributed by atoms with van der Waals surface area (Å²) in [6.45, 7) is 2.87. The Bertz CT molecular complexity index is 352. The highest BCUT2D eigenvalue weighted by molar-refractivity contribution is 9.11. The number of nitrogens with one attached hydrogen (secondary N) is 2. The lowest BCUT2D eigenvalue weighted by Gasteiger charge is -2.08. The smallest absolute Gasteiger partial charge is 0.252 e. The topological polar surface area (TPSA) is 41.1 Å². The van der Waals surface area contributed by atoms with Crippen LogP contribution in [0.25, 0.3) is 0 Å². The van der Waals surface area contributed by atoms with E-state index in [1.54, 1.807) is 0 Å². The van der Waals surface area contributed by atoms with Gasteiger partial charge in [-0.25, -0.2) is 0 Å². The molecule has 1 amide bonds. The van der Waals surface area contributed by atoms with Crippen LogP contribution in [0.15, 0.2) is 15.2 Å². The molecule has 1 fully saturated rings. The third kappa shape index (κ3) is 3.73. The minimum atomic E-state index is 0. The van der Waals surface area contributed by atoms with Crippen molar-refractivity contribution in [3.05, 3.63) is 20.8 Å². The summed E-state index contributed by atoms with van der Waals surface area (Å²) in [5, 5.41) is 8.11. The van der Waals surface area contributed by atoms with Crippen LogP contribution in [0.3, 0.4) is 0 Å². The average molecular weight is 326 g/mol. The Morgan fingerprint density at radius 1 is 1.69 bits per heavy atom. The zero-order valence-electron chi connectivity index (χ0n) is 8.66. The second-order valence-corrected chi connectivity index (χ2v) is 6.00. The van der Waals surface area contributed by atoms with Crippen LogP contribution < -0.4 is 10.6 Å². The molecule has 0 radical (unpaired) electrons. The van der Waals surface area contributed by atoms with Gasteiger partial charge in [-0.15, -0.1) is 23.7 Å². The molecule has 1 aromatic heterocycles. The van der Waals surface area contributed by atoms with Crippen molar-refractivity contribution in [2.75, 3.05) is 19.6 Å². The zero-order chi connectivity index (χ0) is 10.7. The van der Waals surface area contributed by atoms with E-state index in [1.165, 1.54) is 11.3 Å². The molecule has 1 atom stereocenters. The van der Waals surface area contributed by atoms with E-state index in [0.717, 1.165) is 35.4 Å². The van der Waals surface area contributed by atoms with Crippen molar-refractivity contribution in [2.45, 2.75) is 6.42 Å². The van der Waals surface area contributed by atoms with Crippen LogP contribution in [-0.4, -0.2) is 25.5 Å². The molecule has 0 spiro atoms. The molecule has 1 aliphatic rings. The molecule has 6 heteroatoms. The molecule has 1 aliphatic heterocycles. The SMILES string of the molecule is Cl.O=C(NCC1CCNC1)c1csc(Br)c1. The predicted octanol–water partition coefficient (Wildman–Crippen LogP) is 2.27. The van der Waals surface area contributed by atoms with Gasteiger partial charge in [0.2, 0.25) is 0 Å². The van der Waals surface area contributed by atoms with Crippen molar-refractivity contribution in [1.29, 1.82) is 0 Å². The van der Waals surface area contributed by atoms with E-state index in [9.17, 15) is 4.79 Å². The van der Waals surface area contributed by atoms with Gasteiger partial charge in [-0.3, -0.25) is 4.79 Å². The maximum atomic E-state index is 11.7. The molecule has 2 N–H and O–H groups in total. The summed E-state index contributed by atoms with van der Waals surface area (Å²) in [6.07, 6.45) is 1.16. The number of halogens is 2. The molecule has 2 heterocycles. The lowest BCUT2D eigenvalue weighted by atomic mass is 10.1. The largest absolute Gasteiger partial charge is 0.352 e. The zero-order valence-corrected chi connectivity index (χ0v) is 11.9. The number of amides is 1. The second-order valence-electron chi connectivity index (χ2n) is 3.71. The number of carbonyl (C=O) groups excluding carboxylic acids is 1. The summed E-state index contributed by atoms with van der Waals surface area (Å²) in [7, 11) is 0. The standard InChI is InChI=1S/C10H13BrN2OS.ClH/c11-9-3-8(6-15-9)10(14)13-5-7-1-2-12-4-7;/h3,6-7,12H,1-2,4-5H2,(H,13,14);1H. The Morgan fingerprint density at radius 2 is 2.50 bits per heavy atom. The third-order valence-electron chi connectivity index (χ3n) is 2.54. The van der Waals surface area contributed by atoms with E-state index in [0.29, 0.717) is 5.92 Å². The molecule has 16 heavy (non-hydrogen) atoms. The van der Waals surface area contributed by atoms with Crippen molar-refractivity contribution in [3.63, 3.8) is 0 Å². The van der Waals surface area contributed by atoms with Crippen LogP contribution in [0, 0.1) is 5.92 Å². The first-order valence-corrected chi connectivity index (χ1v) is 6.66. The van der Waals surface area contributed by atoms with E-state index < -0.39 is 0 Å². The van der Waals surface area contributed by atoms with E-state index in [-0.39, 0.29) is 18.3 Å². The van der Waals surface area contributed by atoms with Gasteiger partial charge >= 0.3 is 0 Å². The Kier molecular flexibility index (Phi) is 5.75. The lowest BCUT2D eigenvalue weighted by Crippen LogP contribution is -2.29. The first-order chi connectivity index (χ1) is 7.25. The van der Waals surface area contributed by atoms with E-state index >= 15 is 0 Å². The van der Waals surface area contributed by atoms with Crippen LogP contribution in [0.5, 0.6) is 0 Å². The monoisotopic (exact) mass is 324 g/mol. The number of carbonyl (C=O) groups is 1. The van der Waals surface area contributed by atoms with Crippen LogP contribution in [0.4, 0.5) is 0 Å². The summed E-state index contributed by atoms with van der Waals surface area (Å²) in [6, 6.07) is 1.85. The van der Waals surface area contributed by atoms with Crippen LogP contribution in [0.2, 0.25) is 0 Å². The average Bonchev–Trinajstić information content (AvgIpc) is 2.84. The summed E-state index contributed by atoms with van der Waals surface area (Å²) in [4.78, 5) is 11.7. The minimum Gasteiger partial charge on any atom is -0.352 e. The number of rotatable bonds is 3. The highest BCUT2D eigenvalue weighted by Crippen LogP contribution is 2.20. The highest BCUT2D eigenvalue weighted by atomic mass is 79.9. The molecule has 3 nitrogen and oxygen atoms in total. The van der Waals surface area contributed by atoms with Gasteiger partial charge in [0.15, 0.2) is 0 Å². The second kappa shape index (κ2) is 6.59. The fraction of sp³-hybridized carbons (Fsp3) is 0.500. The molecule has 90 valence electrons. The number of thiophene rings is 1. The summed E-state index contributed by atoms with van der Waals surface area (Å²) in [5.74, 6) is 0.625. The number of hydrogen-bond acceptors (Lipinski definition) is 3. The first-order valence-electron chi connectivity index (χ1n) is 4.98. The van der Waals surface area contributed by atoms with Gasteiger partial charge < -0.3 is 10.6 Å². The quantitative estimate of drug-likeness (QED) is 0.895. The summed E-state index contributed by atoms with van der Waals surface area (Å²) >= 11 is 4.88. The van der Waals surface area contributed by atoms with Crippen molar-refractivity contribution in [2.24, 2.45) is 5.92 Å². The van der Waals surface area contributed by atoms with Crippen molar-refractivity contribution < 1.29 is 4.79 Å². The van der Waals surface area contributed by atoms with Gasteiger partial charge in [-0.05, 0) is 47.4 Å². The highest BCUT2D eigenvalue weighted by Gasteiger charge is 2.15. The Hall–Kier alpha value is -0.100. The van der Waals surface area contributed by atoms with Crippen molar-refractivity contribution in [3.8, 4) is 0 Å². The van der Waals surface area contributed by atoms with E-state index in [2.05, 4.69) is 26.6 Å². The van der Waals surface area contributed by atoms with Crippen LogP contribution in [0.1, 0.15) is 16.8 Å². The Labute approximate surface area is 114 Å². The first kappa shape index (κ1) is 14.0. The van der Waals surface area contributed by atoms with Crippen LogP contribution >= 0.6 is 39.7 Å². The predicted molar refractivity (Wildman–Crippen MR) is 72.6 cm³/mol. The minimum absolute atomic E-state index is 0. The molecule has 2 rings (SSSR count). The Morgan fingerprint density at radius 3 is 3.06 bits per heavy atom. The number of hydrogen-bond donors (Lipinski definition) is 2. The van der Waals surface area contributed by atoms with Gasteiger partial charge in [0.1, 0.15) is 0 Å². The summed E-state index contributed by atoms with van der Waals surface area (Å²) < 4.78 is 0.996. The lowest BCUT2D eigenvalue weighted by molar-refractivity contribution is 0.0948. The molecule has 1 saturated heterocycles. The van der Waals surface area contributed by atoms with Crippen molar-refractivity contribution in [1.82, 2.24) is 10.6 Å². The van der Waals surface area contributed by atoms with Crippen molar-refractivity contribution >= 4 is 45.6 Å². The third-order valence-corrected chi connectivity index (χ3v) is 4.05. The molecule has 1 aromatic rings. The molecular weight excluding hydrogens is 312 g/mol. The molecular formula is C10H14BrClN2OS. The van der Waals surface area contributed by atoms with Gasteiger partial charge in [0.05, 0.1) is 9.35 Å². The van der Waals surface area contributed by atoms with Crippen LogP contribution in [-0.2, 0) is 0 Å².